The standard InChI is InChI=1S/C25H42O2.H3N/c1-2-3-4-5-6-7-8-9-10-11-12-13-14-15-19-22-25(26)27-23-24-20-17-16-18-21-24;/h16-18,20-21H,2-15,19,22-23H2,1H3;1H3. The second-order valence-electron chi connectivity index (χ2n) is 7.85. The Morgan fingerprint density at radius 1 is 0.679 bits per heavy atom. The van der Waals surface area contributed by atoms with Gasteiger partial charge in [-0.05, 0) is 12.0 Å². The molecule has 0 saturated carbocycles. The highest BCUT2D eigenvalue weighted by atomic mass is 16.5. The molecular weight excluding hydrogens is 346 g/mol. The molecule has 0 atom stereocenters. The van der Waals surface area contributed by atoms with Crippen molar-refractivity contribution in [1.82, 2.24) is 6.15 Å². The number of unbranched alkanes of at least 4 members (excludes halogenated alkanes) is 14. The Morgan fingerprint density at radius 2 is 1.11 bits per heavy atom. The zero-order valence-corrected chi connectivity index (χ0v) is 18.4. The average molecular weight is 392 g/mol. The fourth-order valence-electron chi connectivity index (χ4n) is 3.45. The lowest BCUT2D eigenvalue weighted by Crippen LogP contribution is -2.04. The molecule has 1 rings (SSSR count). The summed E-state index contributed by atoms with van der Waals surface area (Å²) in [7, 11) is 0. The van der Waals surface area contributed by atoms with Crippen LogP contribution >= 0.6 is 0 Å². The largest absolute Gasteiger partial charge is 0.461 e. The predicted octanol–water partition coefficient (Wildman–Crippen LogP) is 8.15. The Morgan fingerprint density at radius 3 is 1.57 bits per heavy atom. The zero-order chi connectivity index (χ0) is 19.4. The first-order chi connectivity index (χ1) is 13.3. The fraction of sp³-hybridized carbons (Fsp3) is 0.720. The minimum Gasteiger partial charge on any atom is -0.461 e. The second kappa shape index (κ2) is 20.4. The molecule has 1 aromatic rings. The van der Waals surface area contributed by atoms with Gasteiger partial charge in [0, 0.05) is 6.42 Å². The number of rotatable bonds is 18. The summed E-state index contributed by atoms with van der Waals surface area (Å²) in [5, 5.41) is 0. The van der Waals surface area contributed by atoms with Crippen LogP contribution in [0.15, 0.2) is 30.3 Å². The molecule has 0 aliphatic rings. The van der Waals surface area contributed by atoms with Crippen molar-refractivity contribution in [3.8, 4) is 0 Å². The van der Waals surface area contributed by atoms with Gasteiger partial charge in [0.2, 0.25) is 0 Å². The highest BCUT2D eigenvalue weighted by Gasteiger charge is 2.03. The lowest BCUT2D eigenvalue weighted by molar-refractivity contribution is -0.145. The van der Waals surface area contributed by atoms with E-state index < -0.39 is 0 Å². The van der Waals surface area contributed by atoms with E-state index in [-0.39, 0.29) is 12.1 Å². The highest BCUT2D eigenvalue weighted by Crippen LogP contribution is 2.14. The Balaban J connectivity index is 0.00000729. The topological polar surface area (TPSA) is 61.3 Å². The van der Waals surface area contributed by atoms with Crippen LogP contribution in [0.4, 0.5) is 0 Å². The van der Waals surface area contributed by atoms with E-state index in [4.69, 9.17) is 4.74 Å². The van der Waals surface area contributed by atoms with Crippen LogP contribution in [0.3, 0.4) is 0 Å². The molecule has 1 aromatic carbocycles. The van der Waals surface area contributed by atoms with Crippen molar-refractivity contribution >= 4 is 5.97 Å². The molecular formula is C25H45NO2. The summed E-state index contributed by atoms with van der Waals surface area (Å²) in [5.41, 5.74) is 1.06. The van der Waals surface area contributed by atoms with E-state index in [1.807, 2.05) is 30.3 Å². The van der Waals surface area contributed by atoms with Gasteiger partial charge in [0.15, 0.2) is 0 Å². The second-order valence-corrected chi connectivity index (χ2v) is 7.85. The number of carbonyl (C=O) groups is 1. The van der Waals surface area contributed by atoms with Gasteiger partial charge in [-0.3, -0.25) is 4.79 Å². The quantitative estimate of drug-likeness (QED) is 0.203. The van der Waals surface area contributed by atoms with Crippen LogP contribution in [-0.2, 0) is 16.1 Å². The summed E-state index contributed by atoms with van der Waals surface area (Å²) in [5.74, 6) is -0.0615. The number of hydrogen-bond acceptors (Lipinski definition) is 3. The molecule has 0 aromatic heterocycles. The van der Waals surface area contributed by atoms with Crippen LogP contribution in [0.25, 0.3) is 0 Å². The molecule has 0 fully saturated rings. The smallest absolute Gasteiger partial charge is 0.306 e. The van der Waals surface area contributed by atoms with Crippen molar-refractivity contribution in [2.24, 2.45) is 0 Å². The lowest BCUT2D eigenvalue weighted by Gasteiger charge is -2.05. The van der Waals surface area contributed by atoms with Gasteiger partial charge >= 0.3 is 5.97 Å². The van der Waals surface area contributed by atoms with E-state index >= 15 is 0 Å². The first kappa shape index (κ1) is 26.6. The zero-order valence-electron chi connectivity index (χ0n) is 18.4. The van der Waals surface area contributed by atoms with Crippen molar-refractivity contribution in [3.63, 3.8) is 0 Å². The molecule has 0 heterocycles. The number of esters is 1. The predicted molar refractivity (Wildman–Crippen MR) is 121 cm³/mol. The van der Waals surface area contributed by atoms with E-state index in [1.165, 1.54) is 83.5 Å². The first-order valence-corrected chi connectivity index (χ1v) is 11.5. The highest BCUT2D eigenvalue weighted by molar-refractivity contribution is 5.69. The van der Waals surface area contributed by atoms with E-state index in [9.17, 15) is 4.79 Å². The fourth-order valence-corrected chi connectivity index (χ4v) is 3.45. The Kier molecular flexibility index (Phi) is 19.4. The molecule has 0 aliphatic heterocycles. The van der Waals surface area contributed by atoms with Crippen LogP contribution in [0.1, 0.15) is 115 Å². The number of carbonyl (C=O) groups excluding carboxylic acids is 1. The third-order valence-corrected chi connectivity index (χ3v) is 5.23. The molecule has 3 N–H and O–H groups in total. The molecule has 0 saturated heterocycles. The minimum atomic E-state index is -0.0615. The number of benzene rings is 1. The molecule has 0 unspecified atom stereocenters. The summed E-state index contributed by atoms with van der Waals surface area (Å²) >= 11 is 0. The van der Waals surface area contributed by atoms with Gasteiger partial charge in [0.05, 0.1) is 0 Å². The van der Waals surface area contributed by atoms with Crippen molar-refractivity contribution in [3.05, 3.63) is 35.9 Å². The molecule has 0 bridgehead atoms. The van der Waals surface area contributed by atoms with E-state index in [1.54, 1.807) is 0 Å². The monoisotopic (exact) mass is 391 g/mol. The van der Waals surface area contributed by atoms with E-state index in [2.05, 4.69) is 6.92 Å². The van der Waals surface area contributed by atoms with Gasteiger partial charge in [-0.2, -0.15) is 0 Å². The third-order valence-electron chi connectivity index (χ3n) is 5.23. The van der Waals surface area contributed by atoms with Gasteiger partial charge in [-0.15, -0.1) is 0 Å². The number of ether oxygens (including phenoxy) is 1. The van der Waals surface area contributed by atoms with Gasteiger partial charge in [-0.25, -0.2) is 0 Å². The minimum absolute atomic E-state index is 0. The third kappa shape index (κ3) is 16.8. The van der Waals surface area contributed by atoms with Gasteiger partial charge in [0.25, 0.3) is 0 Å². The van der Waals surface area contributed by atoms with Crippen LogP contribution in [-0.4, -0.2) is 5.97 Å². The van der Waals surface area contributed by atoms with Crippen molar-refractivity contribution in [2.45, 2.75) is 116 Å². The van der Waals surface area contributed by atoms with Crippen LogP contribution < -0.4 is 6.15 Å². The Bertz CT molecular complexity index is 447. The molecule has 0 aliphatic carbocycles. The molecule has 0 spiro atoms. The van der Waals surface area contributed by atoms with Crippen LogP contribution in [0, 0.1) is 0 Å². The van der Waals surface area contributed by atoms with Crippen molar-refractivity contribution in [2.75, 3.05) is 0 Å². The summed E-state index contributed by atoms with van der Waals surface area (Å²) < 4.78 is 5.31. The normalized spacial score (nSPS) is 10.5. The first-order valence-electron chi connectivity index (χ1n) is 11.5. The van der Waals surface area contributed by atoms with Crippen molar-refractivity contribution < 1.29 is 9.53 Å². The van der Waals surface area contributed by atoms with Gasteiger partial charge in [0.1, 0.15) is 6.61 Å². The molecule has 3 heteroatoms. The molecule has 3 nitrogen and oxygen atoms in total. The SMILES string of the molecule is CCCCCCCCCCCCCCCCCC(=O)OCc1ccccc1.N. The van der Waals surface area contributed by atoms with Gasteiger partial charge < -0.3 is 10.9 Å². The van der Waals surface area contributed by atoms with E-state index in [0.717, 1.165) is 18.4 Å². The maximum Gasteiger partial charge on any atom is 0.306 e. The van der Waals surface area contributed by atoms with Crippen molar-refractivity contribution in [1.29, 1.82) is 0 Å². The molecule has 0 amide bonds. The molecule has 0 radical (unpaired) electrons. The summed E-state index contributed by atoms with van der Waals surface area (Å²) in [6.45, 7) is 2.68. The maximum absolute atomic E-state index is 11.7. The average Bonchev–Trinajstić information content (AvgIpc) is 2.70. The maximum atomic E-state index is 11.7. The summed E-state index contributed by atoms with van der Waals surface area (Å²) in [6.07, 6.45) is 20.7. The van der Waals surface area contributed by atoms with Crippen LogP contribution in [0.2, 0.25) is 0 Å². The van der Waals surface area contributed by atoms with Crippen LogP contribution in [0.5, 0.6) is 0 Å². The lowest BCUT2D eigenvalue weighted by atomic mass is 10.0. The molecule has 28 heavy (non-hydrogen) atoms. The van der Waals surface area contributed by atoms with E-state index in [0.29, 0.717) is 13.0 Å². The summed E-state index contributed by atoms with van der Waals surface area (Å²) in [4.78, 5) is 11.7. The Labute approximate surface area is 174 Å². The summed E-state index contributed by atoms with van der Waals surface area (Å²) in [6, 6.07) is 9.89. The Hall–Kier alpha value is -1.35. The number of hydrogen-bond donors (Lipinski definition) is 1. The van der Waals surface area contributed by atoms with Gasteiger partial charge in [-0.1, -0.05) is 127 Å². The molecule has 162 valence electrons.